The van der Waals surface area contributed by atoms with E-state index in [1.165, 1.54) is 16.8 Å². The molecule has 1 aliphatic carbocycles. The third kappa shape index (κ3) is 5.58. The number of ether oxygens (including phenoxy) is 1. The highest BCUT2D eigenvalue weighted by Gasteiger charge is 2.31. The Kier molecular flexibility index (Phi) is 7.67. The van der Waals surface area contributed by atoms with Gasteiger partial charge in [-0.15, -0.1) is 0 Å². The molecular weight excluding hydrogens is 460 g/mol. The van der Waals surface area contributed by atoms with Crippen molar-refractivity contribution in [1.82, 2.24) is 14.5 Å². The number of amides is 1. The summed E-state index contributed by atoms with van der Waals surface area (Å²) < 4.78 is 36.4. The Balaban J connectivity index is 2.05. The second kappa shape index (κ2) is 10.1. The van der Waals surface area contributed by atoms with Gasteiger partial charge in [-0.05, 0) is 64.7 Å². The fraction of sp³-hybridized carbons (Fsp3) is 0.522. The number of sulfonamides is 1. The van der Waals surface area contributed by atoms with Crippen molar-refractivity contribution in [2.45, 2.75) is 77.3 Å². The molecule has 0 saturated heterocycles. The van der Waals surface area contributed by atoms with Crippen molar-refractivity contribution in [1.29, 1.82) is 0 Å². The molecule has 0 spiro atoms. The molecule has 1 fully saturated rings. The highest BCUT2D eigenvalue weighted by Crippen LogP contribution is 2.36. The van der Waals surface area contributed by atoms with Crippen LogP contribution in [0, 0.1) is 12.8 Å². The lowest BCUT2D eigenvalue weighted by Gasteiger charge is -2.18. The highest BCUT2D eigenvalue weighted by atomic mass is 32.2. The van der Waals surface area contributed by atoms with E-state index in [0.29, 0.717) is 18.5 Å². The monoisotopic (exact) mass is 492 g/mol. The van der Waals surface area contributed by atoms with Crippen molar-refractivity contribution in [3.05, 3.63) is 29.5 Å². The van der Waals surface area contributed by atoms with Crippen molar-refractivity contribution < 1.29 is 27.9 Å². The van der Waals surface area contributed by atoms with Gasteiger partial charge >= 0.3 is 5.97 Å². The molecule has 1 aliphatic rings. The van der Waals surface area contributed by atoms with Crippen LogP contribution in [0.5, 0.6) is 11.6 Å². The largest absolute Gasteiger partial charge is 0.476 e. The van der Waals surface area contributed by atoms with Crippen LogP contribution in [0.15, 0.2) is 23.1 Å². The third-order valence-corrected chi connectivity index (χ3v) is 7.29. The molecule has 3 N–H and O–H groups in total. The molecule has 0 aliphatic heterocycles. The fourth-order valence-corrected chi connectivity index (χ4v) is 5.01. The zero-order valence-electron chi connectivity index (χ0n) is 20.1. The van der Waals surface area contributed by atoms with E-state index in [1.807, 2.05) is 27.7 Å². The maximum Gasteiger partial charge on any atom is 0.356 e. The number of benzene rings is 1. The summed E-state index contributed by atoms with van der Waals surface area (Å²) in [6, 6.07) is 4.02. The van der Waals surface area contributed by atoms with E-state index in [4.69, 9.17) is 4.74 Å². The number of carboxylic acid groups (broad SMARTS) is 1. The summed E-state index contributed by atoms with van der Waals surface area (Å²) in [6.45, 7) is 9.03. The van der Waals surface area contributed by atoms with Crippen molar-refractivity contribution >= 4 is 27.6 Å². The van der Waals surface area contributed by atoms with E-state index < -0.39 is 16.0 Å². The molecule has 1 aromatic heterocycles. The standard InChI is InChI=1S/C23H32N4O6S/c1-6-15(7-2)21(28)24-17-10-11-18(19(12-17)34(31,32)26-16-8-9-16)33-22-14(5)20(23(29)30)25-27(22)13(3)4/h10-13,15-16,26H,6-9H2,1-5H3,(H,24,28)(H,29,30). The molecule has 1 aromatic carbocycles. The van der Waals surface area contributed by atoms with Gasteiger partial charge in [0, 0.05) is 23.2 Å². The number of nitrogens with zero attached hydrogens (tertiary/aromatic N) is 2. The van der Waals surface area contributed by atoms with Crippen molar-refractivity contribution in [2.24, 2.45) is 5.92 Å². The summed E-state index contributed by atoms with van der Waals surface area (Å²) in [5.41, 5.74) is 0.449. The number of hydrogen-bond acceptors (Lipinski definition) is 6. The number of carbonyl (C=O) groups is 2. The first-order chi connectivity index (χ1) is 16.0. The molecule has 1 amide bonds. The Bertz CT molecular complexity index is 1180. The molecule has 1 saturated carbocycles. The molecule has 186 valence electrons. The number of aromatic carboxylic acids is 1. The average molecular weight is 493 g/mol. The number of rotatable bonds is 11. The summed E-state index contributed by atoms with van der Waals surface area (Å²) in [7, 11) is -3.97. The first-order valence-electron chi connectivity index (χ1n) is 11.5. The van der Waals surface area contributed by atoms with E-state index in [2.05, 4.69) is 15.1 Å². The molecule has 10 nitrogen and oxygen atoms in total. The van der Waals surface area contributed by atoms with Gasteiger partial charge in [-0.25, -0.2) is 22.6 Å². The van der Waals surface area contributed by atoms with Crippen LogP contribution in [-0.4, -0.2) is 41.2 Å². The van der Waals surface area contributed by atoms with Gasteiger partial charge in [-0.2, -0.15) is 5.10 Å². The number of hydrogen-bond donors (Lipinski definition) is 3. The lowest BCUT2D eigenvalue weighted by Crippen LogP contribution is -2.26. The van der Waals surface area contributed by atoms with E-state index in [-0.39, 0.29) is 51.7 Å². The molecular formula is C23H32N4O6S. The Morgan fingerprint density at radius 1 is 1.24 bits per heavy atom. The molecule has 2 aromatic rings. The van der Waals surface area contributed by atoms with Crippen molar-refractivity contribution in [3.63, 3.8) is 0 Å². The number of anilines is 1. The van der Waals surface area contributed by atoms with Gasteiger partial charge in [0.1, 0.15) is 10.6 Å². The minimum Gasteiger partial charge on any atom is -0.476 e. The van der Waals surface area contributed by atoms with E-state index in [9.17, 15) is 23.1 Å². The predicted octanol–water partition coefficient (Wildman–Crippen LogP) is 4.08. The van der Waals surface area contributed by atoms with Gasteiger partial charge in [0.05, 0.1) is 6.04 Å². The van der Waals surface area contributed by atoms with Crippen LogP contribution in [0.3, 0.4) is 0 Å². The molecule has 0 unspecified atom stereocenters. The van der Waals surface area contributed by atoms with Crippen LogP contribution < -0.4 is 14.8 Å². The highest BCUT2D eigenvalue weighted by molar-refractivity contribution is 7.89. The smallest absolute Gasteiger partial charge is 0.356 e. The topological polar surface area (TPSA) is 140 Å². The van der Waals surface area contributed by atoms with Crippen molar-refractivity contribution in [3.8, 4) is 11.6 Å². The van der Waals surface area contributed by atoms with Gasteiger partial charge in [-0.1, -0.05) is 13.8 Å². The molecule has 3 rings (SSSR count). The summed E-state index contributed by atoms with van der Waals surface area (Å²) in [4.78, 5) is 24.0. The summed E-state index contributed by atoms with van der Waals surface area (Å²) >= 11 is 0. The minimum absolute atomic E-state index is 0.00974. The second-order valence-corrected chi connectivity index (χ2v) is 10.5. The first kappa shape index (κ1) is 25.7. The molecule has 0 bridgehead atoms. The zero-order valence-corrected chi connectivity index (χ0v) is 20.9. The van der Waals surface area contributed by atoms with Crippen LogP contribution >= 0.6 is 0 Å². The van der Waals surface area contributed by atoms with Crippen LogP contribution in [0.2, 0.25) is 0 Å². The Morgan fingerprint density at radius 2 is 1.88 bits per heavy atom. The summed E-state index contributed by atoms with van der Waals surface area (Å²) in [6.07, 6.45) is 2.84. The Morgan fingerprint density at radius 3 is 2.41 bits per heavy atom. The van der Waals surface area contributed by atoms with Gasteiger partial charge in [0.15, 0.2) is 5.69 Å². The SMILES string of the molecule is CCC(CC)C(=O)Nc1ccc(Oc2c(C)c(C(=O)O)nn2C(C)C)c(S(=O)(=O)NC2CC2)c1. The van der Waals surface area contributed by atoms with Gasteiger partial charge < -0.3 is 15.2 Å². The van der Waals surface area contributed by atoms with E-state index in [1.54, 1.807) is 13.0 Å². The molecule has 34 heavy (non-hydrogen) atoms. The minimum atomic E-state index is -3.97. The number of carboxylic acids is 1. The maximum atomic E-state index is 13.2. The maximum absolute atomic E-state index is 13.2. The molecule has 11 heteroatoms. The van der Waals surface area contributed by atoms with Gasteiger partial charge in [-0.3, -0.25) is 4.79 Å². The van der Waals surface area contributed by atoms with E-state index in [0.717, 1.165) is 12.8 Å². The average Bonchev–Trinajstić information content (AvgIpc) is 3.50. The zero-order chi connectivity index (χ0) is 25.2. The molecule has 0 radical (unpaired) electrons. The molecule has 1 heterocycles. The quantitative estimate of drug-likeness (QED) is 0.429. The summed E-state index contributed by atoms with van der Waals surface area (Å²) in [5.74, 6) is -1.42. The molecule has 0 atom stereocenters. The first-order valence-corrected chi connectivity index (χ1v) is 12.9. The Hall–Kier alpha value is -2.92. The van der Waals surface area contributed by atoms with Crippen LogP contribution in [-0.2, 0) is 14.8 Å². The number of nitrogens with one attached hydrogen (secondary N) is 2. The fourth-order valence-electron chi connectivity index (χ4n) is 3.55. The van der Waals surface area contributed by atoms with Gasteiger partial charge in [0.2, 0.25) is 21.8 Å². The van der Waals surface area contributed by atoms with Gasteiger partial charge in [0.25, 0.3) is 0 Å². The third-order valence-electron chi connectivity index (χ3n) is 5.75. The Labute approximate surface area is 199 Å². The number of carbonyl (C=O) groups excluding carboxylic acids is 1. The number of aromatic nitrogens is 2. The summed E-state index contributed by atoms with van der Waals surface area (Å²) in [5, 5.41) is 16.4. The second-order valence-electron chi connectivity index (χ2n) is 8.78. The van der Waals surface area contributed by atoms with Crippen LogP contribution in [0.4, 0.5) is 5.69 Å². The van der Waals surface area contributed by atoms with E-state index >= 15 is 0 Å². The lowest BCUT2D eigenvalue weighted by atomic mass is 10.0. The van der Waals surface area contributed by atoms with Crippen molar-refractivity contribution in [2.75, 3.05) is 5.32 Å². The van der Waals surface area contributed by atoms with Crippen LogP contribution in [0.25, 0.3) is 0 Å². The lowest BCUT2D eigenvalue weighted by molar-refractivity contribution is -0.120. The normalized spacial score (nSPS) is 14.0. The van der Waals surface area contributed by atoms with Crippen LogP contribution in [0.1, 0.15) is 75.5 Å². The predicted molar refractivity (Wildman–Crippen MR) is 127 cm³/mol.